The maximum absolute atomic E-state index is 11.7. The maximum atomic E-state index is 11.7. The Morgan fingerprint density at radius 2 is 2.14 bits per heavy atom. The topological polar surface area (TPSA) is 83.9 Å². The van der Waals surface area contributed by atoms with Gasteiger partial charge >= 0.3 is 0 Å². The first-order chi connectivity index (χ1) is 14.0. The first-order valence-corrected chi connectivity index (χ1v) is 10.2. The van der Waals surface area contributed by atoms with Crippen molar-refractivity contribution in [2.75, 3.05) is 23.3 Å². The minimum absolute atomic E-state index is 0.000953. The molecule has 1 N–H and O–H groups in total. The molecule has 0 saturated carbocycles. The lowest BCUT2D eigenvalue weighted by atomic mass is 10.1. The molecule has 0 radical (unpaired) electrons. The van der Waals surface area contributed by atoms with E-state index >= 15 is 0 Å². The van der Waals surface area contributed by atoms with Crippen molar-refractivity contribution in [1.29, 1.82) is 0 Å². The van der Waals surface area contributed by atoms with E-state index in [2.05, 4.69) is 47.7 Å². The van der Waals surface area contributed by atoms with Crippen LogP contribution >= 0.6 is 15.9 Å². The summed E-state index contributed by atoms with van der Waals surface area (Å²) < 4.78 is 0.855. The van der Waals surface area contributed by atoms with Gasteiger partial charge in [-0.15, -0.1) is 0 Å². The predicted octanol–water partition coefficient (Wildman–Crippen LogP) is 3.48. The zero-order valence-corrected chi connectivity index (χ0v) is 17.7. The Hall–Kier alpha value is -2.87. The Labute approximate surface area is 177 Å². The number of rotatable bonds is 6. The van der Waals surface area contributed by atoms with E-state index in [1.54, 1.807) is 12.4 Å². The molecule has 0 bridgehead atoms. The van der Waals surface area contributed by atoms with Crippen molar-refractivity contribution in [3.8, 4) is 0 Å². The molecule has 3 aromatic rings. The highest BCUT2D eigenvalue weighted by Gasteiger charge is 2.26. The second kappa shape index (κ2) is 8.24. The van der Waals surface area contributed by atoms with Crippen molar-refractivity contribution in [2.24, 2.45) is 0 Å². The number of nitrogens with zero attached hydrogens (tertiary/aromatic N) is 5. The number of aromatic nitrogens is 4. The standard InChI is InChI=1S/C21H21BrN6O/c1-3-17(29)8-14-4-5-18-19(9-14)25-13(2)26-20(18)28-7-6-16(12-28)27-21-23-10-15(22)11-24-21/h3-5,9-11,16H,1,6-8,12H2,2H3,(H,23,24,27)/t16-/m1/s1. The first-order valence-electron chi connectivity index (χ1n) is 9.43. The summed E-state index contributed by atoms with van der Waals surface area (Å²) in [6, 6.07) is 6.18. The van der Waals surface area contributed by atoms with Crippen LogP contribution < -0.4 is 10.2 Å². The molecule has 1 fully saturated rings. The van der Waals surface area contributed by atoms with Gasteiger partial charge in [0.05, 0.1) is 9.99 Å². The number of carbonyl (C=O) groups is 1. The molecule has 2 aromatic heterocycles. The maximum Gasteiger partial charge on any atom is 0.222 e. The number of benzene rings is 1. The van der Waals surface area contributed by atoms with Gasteiger partial charge in [-0.25, -0.2) is 19.9 Å². The molecule has 8 heteroatoms. The van der Waals surface area contributed by atoms with E-state index in [0.29, 0.717) is 18.2 Å². The van der Waals surface area contributed by atoms with Gasteiger partial charge in [0.15, 0.2) is 5.78 Å². The fraction of sp³-hybridized carbons (Fsp3) is 0.286. The van der Waals surface area contributed by atoms with E-state index < -0.39 is 0 Å². The van der Waals surface area contributed by atoms with Crippen LogP contribution in [0.5, 0.6) is 0 Å². The number of nitrogens with one attached hydrogen (secondary N) is 1. The number of hydrogen-bond acceptors (Lipinski definition) is 7. The Morgan fingerprint density at radius 1 is 1.34 bits per heavy atom. The van der Waals surface area contributed by atoms with Crippen molar-refractivity contribution in [2.45, 2.75) is 25.8 Å². The van der Waals surface area contributed by atoms with Crippen molar-refractivity contribution in [3.05, 3.63) is 59.1 Å². The van der Waals surface area contributed by atoms with Crippen LogP contribution in [0.15, 0.2) is 47.7 Å². The molecule has 0 spiro atoms. The zero-order chi connectivity index (χ0) is 20.4. The van der Waals surface area contributed by atoms with Crippen LogP contribution in [0.4, 0.5) is 11.8 Å². The second-order valence-electron chi connectivity index (χ2n) is 7.09. The van der Waals surface area contributed by atoms with E-state index in [1.165, 1.54) is 6.08 Å². The summed E-state index contributed by atoms with van der Waals surface area (Å²) in [5.41, 5.74) is 1.79. The van der Waals surface area contributed by atoms with Gasteiger partial charge < -0.3 is 10.2 Å². The number of anilines is 2. The average molecular weight is 453 g/mol. The van der Waals surface area contributed by atoms with E-state index in [-0.39, 0.29) is 11.8 Å². The van der Waals surface area contributed by atoms with Crippen LogP contribution in [0.2, 0.25) is 0 Å². The third kappa shape index (κ3) is 4.42. The molecule has 4 rings (SSSR count). The fourth-order valence-corrected chi connectivity index (χ4v) is 3.74. The molecule has 1 aromatic carbocycles. The lowest BCUT2D eigenvalue weighted by Gasteiger charge is -2.20. The van der Waals surface area contributed by atoms with Crippen molar-refractivity contribution in [3.63, 3.8) is 0 Å². The lowest BCUT2D eigenvalue weighted by Crippen LogP contribution is -2.27. The molecule has 1 aliphatic heterocycles. The van der Waals surface area contributed by atoms with Gasteiger partial charge in [-0.2, -0.15) is 0 Å². The van der Waals surface area contributed by atoms with E-state index in [1.807, 2.05) is 25.1 Å². The molecule has 7 nitrogen and oxygen atoms in total. The van der Waals surface area contributed by atoms with E-state index in [4.69, 9.17) is 4.98 Å². The fourth-order valence-electron chi connectivity index (χ4n) is 3.54. The van der Waals surface area contributed by atoms with Gasteiger partial charge in [-0.1, -0.05) is 12.6 Å². The highest BCUT2D eigenvalue weighted by atomic mass is 79.9. The highest BCUT2D eigenvalue weighted by molar-refractivity contribution is 9.10. The summed E-state index contributed by atoms with van der Waals surface area (Å²) in [7, 11) is 0. The summed E-state index contributed by atoms with van der Waals surface area (Å²) in [6.07, 6.45) is 6.13. The third-order valence-corrected chi connectivity index (χ3v) is 5.31. The molecule has 3 heterocycles. The van der Waals surface area contributed by atoms with Crippen LogP contribution in [0.25, 0.3) is 10.9 Å². The number of aryl methyl sites for hydroxylation is 1. The third-order valence-electron chi connectivity index (χ3n) is 4.90. The molecular weight excluding hydrogens is 432 g/mol. The Balaban J connectivity index is 1.56. The van der Waals surface area contributed by atoms with Crippen molar-refractivity contribution in [1.82, 2.24) is 19.9 Å². The lowest BCUT2D eigenvalue weighted by molar-refractivity contribution is -0.114. The molecule has 1 saturated heterocycles. The summed E-state index contributed by atoms with van der Waals surface area (Å²) >= 11 is 3.35. The number of carbonyl (C=O) groups excluding carboxylic acids is 1. The monoisotopic (exact) mass is 452 g/mol. The SMILES string of the molecule is C=CC(=O)Cc1ccc2c(N3CC[C@@H](Nc4ncc(Br)cn4)C3)nc(C)nc2c1. The minimum Gasteiger partial charge on any atom is -0.354 e. The number of halogens is 1. The molecule has 29 heavy (non-hydrogen) atoms. The number of hydrogen-bond donors (Lipinski definition) is 1. The molecule has 1 atom stereocenters. The minimum atomic E-state index is -0.000953. The molecule has 148 valence electrons. The summed E-state index contributed by atoms with van der Waals surface area (Å²) in [5, 5.41) is 4.38. The van der Waals surface area contributed by atoms with Gasteiger partial charge in [-0.05, 0) is 53.0 Å². The van der Waals surface area contributed by atoms with Gasteiger partial charge in [0.2, 0.25) is 5.95 Å². The Bertz CT molecular complexity index is 1070. The smallest absolute Gasteiger partial charge is 0.222 e. The van der Waals surface area contributed by atoms with Gasteiger partial charge in [0, 0.05) is 43.3 Å². The second-order valence-corrected chi connectivity index (χ2v) is 8.01. The normalized spacial score (nSPS) is 16.2. The number of fused-ring (bicyclic) bond motifs is 1. The van der Waals surface area contributed by atoms with Gasteiger partial charge in [-0.3, -0.25) is 4.79 Å². The summed E-state index contributed by atoms with van der Waals surface area (Å²) in [4.78, 5) is 31.8. The quantitative estimate of drug-likeness (QED) is 0.572. The van der Waals surface area contributed by atoms with Crippen molar-refractivity contribution < 1.29 is 4.79 Å². The van der Waals surface area contributed by atoms with Crippen LogP contribution in [0, 0.1) is 6.92 Å². The highest BCUT2D eigenvalue weighted by Crippen LogP contribution is 2.28. The van der Waals surface area contributed by atoms with E-state index in [9.17, 15) is 4.79 Å². The molecule has 0 aliphatic carbocycles. The van der Waals surface area contributed by atoms with Crippen LogP contribution in [-0.2, 0) is 11.2 Å². The first kappa shape index (κ1) is 19.4. The Kier molecular flexibility index (Phi) is 5.53. The predicted molar refractivity (Wildman–Crippen MR) is 117 cm³/mol. The van der Waals surface area contributed by atoms with Crippen LogP contribution in [0.3, 0.4) is 0 Å². The van der Waals surface area contributed by atoms with E-state index in [0.717, 1.165) is 46.3 Å². The molecule has 0 amide bonds. The number of ketones is 1. The summed E-state index contributed by atoms with van der Waals surface area (Å²) in [5.74, 6) is 2.27. The van der Waals surface area contributed by atoms with Crippen LogP contribution in [0.1, 0.15) is 17.8 Å². The number of allylic oxidation sites excluding steroid dienone is 1. The zero-order valence-electron chi connectivity index (χ0n) is 16.1. The van der Waals surface area contributed by atoms with Crippen molar-refractivity contribution >= 4 is 44.4 Å². The molecular formula is C21H21BrN6O. The van der Waals surface area contributed by atoms with Gasteiger partial charge in [0.25, 0.3) is 0 Å². The summed E-state index contributed by atoms with van der Waals surface area (Å²) in [6.45, 7) is 7.13. The van der Waals surface area contributed by atoms with Gasteiger partial charge in [0.1, 0.15) is 11.6 Å². The molecule has 1 aliphatic rings. The Morgan fingerprint density at radius 3 is 2.90 bits per heavy atom. The average Bonchev–Trinajstić information content (AvgIpc) is 3.17. The largest absolute Gasteiger partial charge is 0.354 e. The van der Waals surface area contributed by atoms with Crippen LogP contribution in [-0.4, -0.2) is 44.9 Å². The molecule has 0 unspecified atom stereocenters.